The molecule has 130 valence electrons. The fraction of sp³-hybridized carbons (Fsp3) is 0.533. The van der Waals surface area contributed by atoms with Crippen LogP contribution < -0.4 is 10.6 Å². The van der Waals surface area contributed by atoms with Crippen LogP contribution in [-0.2, 0) is 6.18 Å². The number of alkyl halides is 3. The van der Waals surface area contributed by atoms with Gasteiger partial charge < -0.3 is 10.6 Å². The Kier molecular flexibility index (Phi) is 6.41. The minimum Gasteiger partial charge on any atom is -0.351 e. The number of amides is 1. The molecule has 0 atom stereocenters. The Labute approximate surface area is 138 Å². The van der Waals surface area contributed by atoms with Crippen LogP contribution in [0.3, 0.4) is 0 Å². The van der Waals surface area contributed by atoms with E-state index < -0.39 is 29.0 Å². The summed E-state index contributed by atoms with van der Waals surface area (Å²) in [5.41, 5.74) is -1.74. The SMILES string of the molecule is CC1(CNC(=O)c2cc(C(F)(F)F)ccc2F)CCNCC1.Cl. The summed E-state index contributed by atoms with van der Waals surface area (Å²) in [6, 6.07) is 1.85. The number of hydrogen-bond acceptors (Lipinski definition) is 2. The average molecular weight is 355 g/mol. The van der Waals surface area contributed by atoms with Crippen LogP contribution in [0.4, 0.5) is 17.6 Å². The van der Waals surface area contributed by atoms with E-state index in [-0.39, 0.29) is 17.8 Å². The number of hydrogen-bond donors (Lipinski definition) is 2. The molecule has 3 nitrogen and oxygen atoms in total. The molecule has 0 saturated carbocycles. The van der Waals surface area contributed by atoms with Crippen molar-refractivity contribution in [3.8, 4) is 0 Å². The fourth-order valence-corrected chi connectivity index (χ4v) is 2.47. The number of nitrogens with one attached hydrogen (secondary N) is 2. The van der Waals surface area contributed by atoms with E-state index in [1.54, 1.807) is 0 Å². The summed E-state index contributed by atoms with van der Waals surface area (Å²) in [5.74, 6) is -1.77. The third kappa shape index (κ3) is 5.07. The van der Waals surface area contributed by atoms with Gasteiger partial charge in [0.05, 0.1) is 11.1 Å². The number of halogens is 5. The van der Waals surface area contributed by atoms with Gasteiger partial charge in [-0.25, -0.2) is 4.39 Å². The molecule has 0 bridgehead atoms. The van der Waals surface area contributed by atoms with E-state index in [2.05, 4.69) is 10.6 Å². The second kappa shape index (κ2) is 7.49. The molecule has 1 aliphatic rings. The van der Waals surface area contributed by atoms with Crippen LogP contribution in [0.1, 0.15) is 35.7 Å². The lowest BCUT2D eigenvalue weighted by Crippen LogP contribution is -2.43. The van der Waals surface area contributed by atoms with E-state index in [0.29, 0.717) is 24.7 Å². The molecule has 0 radical (unpaired) electrons. The zero-order valence-electron chi connectivity index (χ0n) is 12.6. The lowest BCUT2D eigenvalue weighted by molar-refractivity contribution is -0.137. The molecule has 8 heteroatoms. The first kappa shape index (κ1) is 19.7. The molecular formula is C15H19ClF4N2O. The summed E-state index contributed by atoms with van der Waals surface area (Å²) in [6.07, 6.45) is -2.92. The van der Waals surface area contributed by atoms with Crippen molar-refractivity contribution < 1.29 is 22.4 Å². The van der Waals surface area contributed by atoms with Crippen molar-refractivity contribution in [1.29, 1.82) is 0 Å². The zero-order chi connectivity index (χ0) is 16.4. The molecule has 1 aromatic rings. The summed E-state index contributed by atoms with van der Waals surface area (Å²) in [6.45, 7) is 3.95. The van der Waals surface area contributed by atoms with Gasteiger partial charge in [0, 0.05) is 6.54 Å². The van der Waals surface area contributed by atoms with Crippen molar-refractivity contribution in [3.05, 3.63) is 35.1 Å². The highest BCUT2D eigenvalue weighted by atomic mass is 35.5. The van der Waals surface area contributed by atoms with Crippen LogP contribution in [-0.4, -0.2) is 25.5 Å². The molecule has 0 unspecified atom stereocenters. The largest absolute Gasteiger partial charge is 0.416 e. The van der Waals surface area contributed by atoms with Crippen LogP contribution in [0.15, 0.2) is 18.2 Å². The second-order valence-electron chi connectivity index (χ2n) is 5.94. The van der Waals surface area contributed by atoms with Crippen LogP contribution in [0, 0.1) is 11.2 Å². The Hall–Kier alpha value is -1.34. The normalized spacial score (nSPS) is 17.3. The van der Waals surface area contributed by atoms with Crippen LogP contribution in [0.25, 0.3) is 0 Å². The molecule has 0 aliphatic carbocycles. The van der Waals surface area contributed by atoms with Crippen LogP contribution >= 0.6 is 12.4 Å². The third-order valence-electron chi connectivity index (χ3n) is 4.02. The standard InChI is InChI=1S/C15H18F4N2O.ClH/c1-14(4-6-20-7-5-14)9-21-13(22)11-8-10(15(17,18)19)2-3-12(11)16;/h2-3,8,20H,4-7,9H2,1H3,(H,21,22);1H. The predicted octanol–water partition coefficient (Wildman–Crippen LogP) is 3.39. The van der Waals surface area contributed by atoms with Crippen molar-refractivity contribution in [2.24, 2.45) is 5.41 Å². The highest BCUT2D eigenvalue weighted by molar-refractivity contribution is 5.94. The van der Waals surface area contributed by atoms with Crippen molar-refractivity contribution in [1.82, 2.24) is 10.6 Å². The van der Waals surface area contributed by atoms with Gasteiger partial charge in [-0.05, 0) is 49.5 Å². The Morgan fingerprint density at radius 1 is 1.30 bits per heavy atom. The van der Waals surface area contributed by atoms with Gasteiger partial charge in [0.15, 0.2) is 0 Å². The maximum atomic E-state index is 13.6. The van der Waals surface area contributed by atoms with Crippen LogP contribution in [0.2, 0.25) is 0 Å². The van der Waals surface area contributed by atoms with Crippen LogP contribution in [0.5, 0.6) is 0 Å². The zero-order valence-corrected chi connectivity index (χ0v) is 13.4. The van der Waals surface area contributed by atoms with Gasteiger partial charge in [0.25, 0.3) is 5.91 Å². The Balaban J connectivity index is 0.00000264. The van der Waals surface area contributed by atoms with Gasteiger partial charge in [-0.2, -0.15) is 13.2 Å². The first-order chi connectivity index (χ1) is 10.2. The van der Waals surface area contributed by atoms with Gasteiger partial charge in [0.1, 0.15) is 5.82 Å². The van der Waals surface area contributed by atoms with E-state index in [1.165, 1.54) is 0 Å². The summed E-state index contributed by atoms with van der Waals surface area (Å²) < 4.78 is 51.5. The lowest BCUT2D eigenvalue weighted by Gasteiger charge is -2.34. The summed E-state index contributed by atoms with van der Waals surface area (Å²) in [7, 11) is 0. The fourth-order valence-electron chi connectivity index (χ4n) is 2.47. The van der Waals surface area contributed by atoms with Crippen molar-refractivity contribution in [3.63, 3.8) is 0 Å². The smallest absolute Gasteiger partial charge is 0.351 e. The molecule has 1 amide bonds. The molecule has 1 heterocycles. The van der Waals surface area contributed by atoms with Gasteiger partial charge in [-0.3, -0.25) is 4.79 Å². The van der Waals surface area contributed by atoms with E-state index in [9.17, 15) is 22.4 Å². The summed E-state index contributed by atoms with van der Waals surface area (Å²) in [5, 5.41) is 5.75. The third-order valence-corrected chi connectivity index (χ3v) is 4.02. The Morgan fingerprint density at radius 3 is 2.48 bits per heavy atom. The average Bonchev–Trinajstić information content (AvgIpc) is 2.45. The Bertz CT molecular complexity index is 557. The van der Waals surface area contributed by atoms with Crippen molar-refractivity contribution >= 4 is 18.3 Å². The Morgan fingerprint density at radius 2 is 1.91 bits per heavy atom. The molecular weight excluding hydrogens is 336 g/mol. The molecule has 1 fully saturated rings. The number of piperidine rings is 1. The van der Waals surface area contributed by atoms with E-state index in [1.807, 2.05) is 6.92 Å². The monoisotopic (exact) mass is 354 g/mol. The predicted molar refractivity (Wildman–Crippen MR) is 81.2 cm³/mol. The van der Waals surface area contributed by atoms with Gasteiger partial charge >= 0.3 is 6.18 Å². The topological polar surface area (TPSA) is 41.1 Å². The first-order valence-corrected chi connectivity index (χ1v) is 7.07. The minimum absolute atomic E-state index is 0. The molecule has 0 spiro atoms. The van der Waals surface area contributed by atoms with Gasteiger partial charge in [-0.1, -0.05) is 6.92 Å². The van der Waals surface area contributed by atoms with Gasteiger partial charge in [0.2, 0.25) is 0 Å². The molecule has 1 aliphatic heterocycles. The first-order valence-electron chi connectivity index (χ1n) is 7.07. The van der Waals surface area contributed by atoms with E-state index in [4.69, 9.17) is 0 Å². The number of rotatable bonds is 3. The molecule has 0 aromatic heterocycles. The summed E-state index contributed by atoms with van der Waals surface area (Å²) in [4.78, 5) is 12.0. The molecule has 2 N–H and O–H groups in total. The maximum Gasteiger partial charge on any atom is 0.416 e. The highest BCUT2D eigenvalue weighted by Crippen LogP contribution is 2.30. The van der Waals surface area contributed by atoms with E-state index in [0.717, 1.165) is 25.9 Å². The van der Waals surface area contributed by atoms with Crippen molar-refractivity contribution in [2.45, 2.75) is 25.9 Å². The summed E-state index contributed by atoms with van der Waals surface area (Å²) >= 11 is 0. The van der Waals surface area contributed by atoms with Crippen molar-refractivity contribution in [2.75, 3.05) is 19.6 Å². The highest BCUT2D eigenvalue weighted by Gasteiger charge is 2.32. The number of carbonyl (C=O) groups excluding carboxylic acids is 1. The number of carbonyl (C=O) groups is 1. The molecule has 2 rings (SSSR count). The van der Waals surface area contributed by atoms with Gasteiger partial charge in [-0.15, -0.1) is 12.4 Å². The quantitative estimate of drug-likeness (QED) is 0.817. The molecule has 1 saturated heterocycles. The number of benzene rings is 1. The van der Waals surface area contributed by atoms with E-state index >= 15 is 0 Å². The molecule has 1 aromatic carbocycles. The lowest BCUT2D eigenvalue weighted by atomic mass is 9.81. The minimum atomic E-state index is -4.61. The second-order valence-corrected chi connectivity index (χ2v) is 5.94. The maximum absolute atomic E-state index is 13.6. The molecule has 23 heavy (non-hydrogen) atoms.